The van der Waals surface area contributed by atoms with Crippen molar-refractivity contribution in [1.82, 2.24) is 10.2 Å². The predicted molar refractivity (Wildman–Crippen MR) is 117 cm³/mol. The summed E-state index contributed by atoms with van der Waals surface area (Å²) in [5.74, 6) is 0.112. The molecule has 0 radical (unpaired) electrons. The Morgan fingerprint density at radius 3 is 2.52 bits per heavy atom. The van der Waals surface area contributed by atoms with Crippen molar-refractivity contribution < 1.29 is 14.3 Å². The number of rotatable bonds is 8. The van der Waals surface area contributed by atoms with E-state index >= 15 is 0 Å². The Morgan fingerprint density at radius 1 is 1.17 bits per heavy atom. The summed E-state index contributed by atoms with van der Waals surface area (Å²) in [6.07, 6.45) is 0.458. The van der Waals surface area contributed by atoms with Gasteiger partial charge in [-0.1, -0.05) is 48.3 Å². The molecule has 2 aromatic carbocycles. The molecule has 0 saturated heterocycles. The van der Waals surface area contributed by atoms with Gasteiger partial charge in [0.15, 0.2) is 6.61 Å². The third-order valence-electron chi connectivity index (χ3n) is 4.89. The first-order chi connectivity index (χ1) is 13.8. The standard InChI is InChI=1S/C22H26Cl2N2O3/c1-5-19(22(28)25-4)26(12-16-9-10-17(23)11-18(16)24)21(27)13-29-20-8-6-7-14(2)15(20)3/h6-11,19H,5,12-13H2,1-4H3,(H,25,28)/t19-/m0/s1. The first kappa shape index (κ1) is 23.0. The van der Waals surface area contributed by atoms with Crippen molar-refractivity contribution in [1.29, 1.82) is 0 Å². The van der Waals surface area contributed by atoms with Gasteiger partial charge in [-0.25, -0.2) is 0 Å². The van der Waals surface area contributed by atoms with Crippen LogP contribution in [0.5, 0.6) is 5.75 Å². The van der Waals surface area contributed by atoms with Gasteiger partial charge in [-0.3, -0.25) is 9.59 Å². The molecule has 2 rings (SSSR count). The number of ether oxygens (including phenoxy) is 1. The molecule has 2 amide bonds. The smallest absolute Gasteiger partial charge is 0.261 e. The lowest BCUT2D eigenvalue weighted by Gasteiger charge is -2.30. The molecule has 0 heterocycles. The zero-order valence-corrected chi connectivity index (χ0v) is 18.6. The summed E-state index contributed by atoms with van der Waals surface area (Å²) in [6, 6.07) is 10.1. The highest BCUT2D eigenvalue weighted by Gasteiger charge is 2.29. The van der Waals surface area contributed by atoms with E-state index in [1.165, 1.54) is 4.90 Å². The van der Waals surface area contributed by atoms with Crippen molar-refractivity contribution in [2.45, 2.75) is 39.8 Å². The molecule has 7 heteroatoms. The van der Waals surface area contributed by atoms with Gasteiger partial charge in [0.1, 0.15) is 11.8 Å². The Balaban J connectivity index is 2.26. The predicted octanol–water partition coefficient (Wildman–Crippen LogP) is 4.54. The van der Waals surface area contributed by atoms with E-state index in [2.05, 4.69) is 5.32 Å². The van der Waals surface area contributed by atoms with Gasteiger partial charge < -0.3 is 15.0 Å². The first-order valence-corrected chi connectivity index (χ1v) is 10.2. The molecule has 1 atom stereocenters. The maximum absolute atomic E-state index is 13.1. The minimum absolute atomic E-state index is 0.178. The van der Waals surface area contributed by atoms with Crippen molar-refractivity contribution >= 4 is 35.0 Å². The molecule has 29 heavy (non-hydrogen) atoms. The zero-order chi connectivity index (χ0) is 21.6. The average molecular weight is 437 g/mol. The number of aryl methyl sites for hydroxylation is 1. The Morgan fingerprint density at radius 2 is 1.90 bits per heavy atom. The molecule has 0 spiro atoms. The molecule has 0 unspecified atom stereocenters. The Hall–Kier alpha value is -2.24. The van der Waals surface area contributed by atoms with Crippen LogP contribution in [0.25, 0.3) is 0 Å². The fourth-order valence-corrected chi connectivity index (χ4v) is 3.49. The third-order valence-corrected chi connectivity index (χ3v) is 5.48. The van der Waals surface area contributed by atoms with E-state index < -0.39 is 6.04 Å². The van der Waals surface area contributed by atoms with Gasteiger partial charge >= 0.3 is 0 Å². The summed E-state index contributed by atoms with van der Waals surface area (Å²) < 4.78 is 5.78. The number of carbonyl (C=O) groups is 2. The average Bonchev–Trinajstić information content (AvgIpc) is 2.70. The molecular formula is C22H26Cl2N2O3. The number of hydrogen-bond acceptors (Lipinski definition) is 3. The van der Waals surface area contributed by atoms with Crippen LogP contribution >= 0.6 is 23.2 Å². The highest BCUT2D eigenvalue weighted by molar-refractivity contribution is 6.35. The molecule has 156 valence electrons. The van der Waals surface area contributed by atoms with E-state index in [1.54, 1.807) is 25.2 Å². The topological polar surface area (TPSA) is 58.6 Å². The molecule has 0 fully saturated rings. The van der Waals surface area contributed by atoms with Crippen LogP contribution in [0, 0.1) is 13.8 Å². The number of benzene rings is 2. The van der Waals surface area contributed by atoms with Crippen LogP contribution in [-0.2, 0) is 16.1 Å². The molecule has 0 aliphatic rings. The van der Waals surface area contributed by atoms with E-state index in [4.69, 9.17) is 27.9 Å². The second-order valence-corrected chi connectivity index (χ2v) is 7.63. The maximum Gasteiger partial charge on any atom is 0.261 e. The largest absolute Gasteiger partial charge is 0.483 e. The number of hydrogen-bond donors (Lipinski definition) is 1. The number of carbonyl (C=O) groups excluding carboxylic acids is 2. The molecule has 0 aliphatic heterocycles. The van der Waals surface area contributed by atoms with Crippen molar-refractivity contribution in [3.8, 4) is 5.75 Å². The lowest BCUT2D eigenvalue weighted by atomic mass is 10.1. The molecule has 5 nitrogen and oxygen atoms in total. The highest BCUT2D eigenvalue weighted by Crippen LogP contribution is 2.24. The fraction of sp³-hybridized carbons (Fsp3) is 0.364. The van der Waals surface area contributed by atoms with E-state index in [1.807, 2.05) is 39.0 Å². The Bertz CT molecular complexity index is 886. The molecular weight excluding hydrogens is 411 g/mol. The summed E-state index contributed by atoms with van der Waals surface area (Å²) in [5, 5.41) is 3.57. The van der Waals surface area contributed by atoms with E-state index in [-0.39, 0.29) is 25.0 Å². The van der Waals surface area contributed by atoms with Gasteiger partial charge in [0, 0.05) is 23.6 Å². The summed E-state index contributed by atoms with van der Waals surface area (Å²) in [6.45, 7) is 5.78. The lowest BCUT2D eigenvalue weighted by Crippen LogP contribution is -2.49. The number of nitrogens with zero attached hydrogens (tertiary/aromatic N) is 1. The molecule has 0 saturated carbocycles. The molecule has 0 aromatic heterocycles. The van der Waals surface area contributed by atoms with Crippen molar-refractivity contribution in [3.63, 3.8) is 0 Å². The van der Waals surface area contributed by atoms with Crippen LogP contribution in [0.2, 0.25) is 10.0 Å². The van der Waals surface area contributed by atoms with E-state index in [0.29, 0.717) is 27.8 Å². The maximum atomic E-state index is 13.1. The minimum Gasteiger partial charge on any atom is -0.483 e. The zero-order valence-electron chi connectivity index (χ0n) is 17.1. The van der Waals surface area contributed by atoms with Gasteiger partial charge in [0.05, 0.1) is 0 Å². The van der Waals surface area contributed by atoms with Gasteiger partial charge in [-0.2, -0.15) is 0 Å². The Labute approximate surface area is 181 Å². The SMILES string of the molecule is CC[C@@H](C(=O)NC)N(Cc1ccc(Cl)cc1Cl)C(=O)COc1cccc(C)c1C. The normalized spacial score (nSPS) is 11.7. The van der Waals surface area contributed by atoms with Crippen LogP contribution < -0.4 is 10.1 Å². The quantitative estimate of drug-likeness (QED) is 0.660. The summed E-state index contributed by atoms with van der Waals surface area (Å²) in [5.41, 5.74) is 2.76. The molecule has 2 aromatic rings. The monoisotopic (exact) mass is 436 g/mol. The number of amides is 2. The van der Waals surface area contributed by atoms with Crippen molar-refractivity contribution in [2.75, 3.05) is 13.7 Å². The van der Waals surface area contributed by atoms with Crippen LogP contribution in [0.1, 0.15) is 30.0 Å². The first-order valence-electron chi connectivity index (χ1n) is 9.42. The molecule has 1 N–H and O–H groups in total. The molecule has 0 aliphatic carbocycles. The van der Waals surface area contributed by atoms with E-state index in [0.717, 1.165) is 11.1 Å². The van der Waals surface area contributed by atoms with Crippen molar-refractivity contribution in [2.24, 2.45) is 0 Å². The third kappa shape index (κ3) is 5.87. The second kappa shape index (κ2) is 10.5. The van der Waals surface area contributed by atoms with Gasteiger partial charge in [0.2, 0.25) is 5.91 Å². The summed E-state index contributed by atoms with van der Waals surface area (Å²) >= 11 is 12.3. The van der Waals surface area contributed by atoms with Crippen molar-refractivity contribution in [3.05, 3.63) is 63.1 Å². The number of nitrogens with one attached hydrogen (secondary N) is 1. The van der Waals surface area contributed by atoms with Gasteiger partial charge in [-0.15, -0.1) is 0 Å². The van der Waals surface area contributed by atoms with Crippen LogP contribution in [-0.4, -0.2) is 36.4 Å². The number of halogens is 2. The van der Waals surface area contributed by atoms with E-state index in [9.17, 15) is 9.59 Å². The van der Waals surface area contributed by atoms with Gasteiger partial charge in [-0.05, 0) is 55.2 Å². The Kier molecular flexibility index (Phi) is 8.35. The van der Waals surface area contributed by atoms with Gasteiger partial charge in [0.25, 0.3) is 5.91 Å². The number of likely N-dealkylation sites (N-methyl/N-ethyl adjacent to an activating group) is 1. The summed E-state index contributed by atoms with van der Waals surface area (Å²) in [7, 11) is 1.55. The van der Waals surface area contributed by atoms with Crippen LogP contribution in [0.15, 0.2) is 36.4 Å². The van der Waals surface area contributed by atoms with Crippen LogP contribution in [0.3, 0.4) is 0 Å². The summed E-state index contributed by atoms with van der Waals surface area (Å²) in [4.78, 5) is 27.0. The minimum atomic E-state index is -0.638. The fourth-order valence-electron chi connectivity index (χ4n) is 3.02. The lowest BCUT2D eigenvalue weighted by molar-refractivity contribution is -0.142. The highest BCUT2D eigenvalue weighted by atomic mass is 35.5. The second-order valence-electron chi connectivity index (χ2n) is 6.78. The van der Waals surface area contributed by atoms with Crippen LogP contribution in [0.4, 0.5) is 0 Å². The molecule has 0 bridgehead atoms.